The van der Waals surface area contributed by atoms with Gasteiger partial charge in [0, 0.05) is 84.2 Å². The molecule has 0 bridgehead atoms. The van der Waals surface area contributed by atoms with E-state index in [4.69, 9.17) is 44.3 Å². The van der Waals surface area contributed by atoms with E-state index in [1.54, 1.807) is 71.1 Å². The van der Waals surface area contributed by atoms with Gasteiger partial charge in [0.15, 0.2) is 16.6 Å². The third-order valence-corrected chi connectivity index (χ3v) is 13.3. The van der Waals surface area contributed by atoms with Gasteiger partial charge < -0.3 is 44.3 Å². The maximum Gasteiger partial charge on any atom is 0.496 e. The summed E-state index contributed by atoms with van der Waals surface area (Å²) in [5.41, 5.74) is 0. The van der Waals surface area contributed by atoms with Crippen LogP contribution in [0.3, 0.4) is 0 Å². The van der Waals surface area contributed by atoms with Crippen molar-refractivity contribution in [2.45, 2.75) is 65.5 Å². The molecule has 0 aromatic carbocycles. The van der Waals surface area contributed by atoms with Gasteiger partial charge in [0.05, 0.1) is 0 Å². The van der Waals surface area contributed by atoms with E-state index in [0.29, 0.717) is 0 Å². The summed E-state index contributed by atoms with van der Waals surface area (Å²) < 4.78 is 49.7. The molecule has 220 valence electrons. The van der Waals surface area contributed by atoms with Gasteiger partial charge in [-0.05, 0) is 52.4 Å². The largest absolute Gasteiger partial charge is 0.496 e. The molecular formula is C20H60O10Si5. The highest BCUT2D eigenvalue weighted by atomic mass is 28.4. The predicted octanol–water partition coefficient (Wildman–Crippen LogP) is 4.91. The molecule has 0 aliphatic rings. The first-order valence-electron chi connectivity index (χ1n) is 11.1. The zero-order chi connectivity index (χ0) is 29.6. The van der Waals surface area contributed by atoms with Gasteiger partial charge in [0.25, 0.3) is 0 Å². The van der Waals surface area contributed by atoms with Crippen LogP contribution in [0, 0.1) is 0 Å². The van der Waals surface area contributed by atoms with E-state index in [1.165, 1.54) is 0 Å². The Kier molecular flexibility index (Phi) is 31.0. The van der Waals surface area contributed by atoms with E-state index in [-0.39, 0.29) is 0 Å². The van der Waals surface area contributed by atoms with Crippen LogP contribution in [0.1, 0.15) is 0 Å². The molecule has 0 aliphatic carbocycles. The molecule has 0 aromatic heterocycles. The zero-order valence-corrected chi connectivity index (χ0v) is 31.6. The minimum atomic E-state index is -2.17. The van der Waals surface area contributed by atoms with Crippen LogP contribution in [0.25, 0.3) is 0 Å². The van der Waals surface area contributed by atoms with E-state index in [0.717, 1.165) is 0 Å². The molecule has 0 aliphatic heterocycles. The van der Waals surface area contributed by atoms with Gasteiger partial charge in [-0.3, -0.25) is 0 Å². The van der Waals surface area contributed by atoms with Crippen LogP contribution in [0.4, 0.5) is 0 Å². The third kappa shape index (κ3) is 39.4. The topological polar surface area (TPSA) is 92.3 Å². The van der Waals surface area contributed by atoms with Crippen molar-refractivity contribution in [2.75, 3.05) is 71.1 Å². The van der Waals surface area contributed by atoms with E-state index in [9.17, 15) is 0 Å². The van der Waals surface area contributed by atoms with Crippen molar-refractivity contribution in [1.29, 1.82) is 0 Å². The lowest BCUT2D eigenvalue weighted by molar-refractivity contribution is 0.131. The molecule has 15 heteroatoms. The minimum absolute atomic E-state index is 1.13. The molecule has 0 saturated heterocycles. The monoisotopic (exact) mass is 600 g/mol. The van der Waals surface area contributed by atoms with Crippen LogP contribution < -0.4 is 0 Å². The molecule has 10 nitrogen and oxygen atoms in total. The molecule has 0 heterocycles. The van der Waals surface area contributed by atoms with Crippen LogP contribution in [-0.4, -0.2) is 114 Å². The van der Waals surface area contributed by atoms with E-state index >= 15 is 0 Å². The van der Waals surface area contributed by atoms with Crippen LogP contribution in [0.2, 0.25) is 65.5 Å². The van der Waals surface area contributed by atoms with E-state index in [2.05, 4.69) is 39.3 Å². The summed E-state index contributed by atoms with van der Waals surface area (Å²) in [4.78, 5) is 0. The van der Waals surface area contributed by atoms with Crippen molar-refractivity contribution >= 4 is 42.8 Å². The van der Waals surface area contributed by atoms with Gasteiger partial charge in [0.1, 0.15) is 0 Å². The summed E-state index contributed by atoms with van der Waals surface area (Å²) in [6, 6.07) is 0. The molecule has 0 aromatic rings. The summed E-state index contributed by atoms with van der Waals surface area (Å²) in [7, 11) is 8.13. The van der Waals surface area contributed by atoms with Crippen molar-refractivity contribution in [1.82, 2.24) is 0 Å². The minimum Gasteiger partial charge on any atom is -0.421 e. The molecule has 0 saturated carbocycles. The number of hydrogen-bond donors (Lipinski definition) is 0. The second-order valence-corrected chi connectivity index (χ2v) is 28.2. The highest BCUT2D eigenvalue weighted by Gasteiger charge is 2.30. The number of hydrogen-bond acceptors (Lipinski definition) is 10. The molecule has 0 amide bonds. The van der Waals surface area contributed by atoms with Gasteiger partial charge in [-0.15, -0.1) is 0 Å². The van der Waals surface area contributed by atoms with Crippen molar-refractivity contribution in [3.63, 3.8) is 0 Å². The average molecular weight is 601 g/mol. The fourth-order valence-electron chi connectivity index (χ4n) is 0.583. The molecule has 35 heavy (non-hydrogen) atoms. The van der Waals surface area contributed by atoms with Crippen LogP contribution in [0.5, 0.6) is 0 Å². The molecule has 0 atom stereocenters. The average Bonchev–Trinajstić information content (AvgIpc) is 2.83. The first kappa shape index (κ1) is 45.6. The molecule has 0 N–H and O–H groups in total. The van der Waals surface area contributed by atoms with Gasteiger partial charge in [-0.1, -0.05) is 0 Å². The lowest BCUT2D eigenvalue weighted by Gasteiger charge is -2.18. The Labute approximate surface area is 223 Å². The Hall–Kier alpha value is 0.684. The van der Waals surface area contributed by atoms with Crippen molar-refractivity contribution in [3.8, 4) is 0 Å². The second-order valence-electron chi connectivity index (χ2n) is 9.39. The van der Waals surface area contributed by atoms with Crippen LogP contribution in [-0.2, 0) is 44.3 Å². The van der Waals surface area contributed by atoms with Crippen molar-refractivity contribution in [2.24, 2.45) is 0 Å². The summed E-state index contributed by atoms with van der Waals surface area (Å²) in [6.07, 6.45) is 0. The fraction of sp³-hybridized carbons (Fsp3) is 1.00. The van der Waals surface area contributed by atoms with E-state index < -0.39 is 42.8 Å². The van der Waals surface area contributed by atoms with Crippen molar-refractivity contribution < 1.29 is 44.3 Å². The SMILES string of the molecule is CO[Si](C)(C)C.CO[Si](C)(C)C.CO[Si](C)(C)OC.CO[Si](C)(OC)OC.CO[Si](C)(OC)OC. The Morgan fingerprint density at radius 1 is 0.257 bits per heavy atom. The maximum absolute atomic E-state index is 5.08. The van der Waals surface area contributed by atoms with E-state index in [1.807, 2.05) is 26.2 Å². The van der Waals surface area contributed by atoms with Gasteiger partial charge in [-0.2, -0.15) is 0 Å². The summed E-state index contributed by atoms with van der Waals surface area (Å²) in [5, 5.41) is 0. The quantitative estimate of drug-likeness (QED) is 0.322. The molecule has 0 rings (SSSR count). The van der Waals surface area contributed by atoms with Gasteiger partial charge >= 0.3 is 26.2 Å². The summed E-state index contributed by atoms with van der Waals surface area (Å²) in [5.74, 6) is 0. The van der Waals surface area contributed by atoms with Crippen LogP contribution in [0.15, 0.2) is 0 Å². The molecule has 0 unspecified atom stereocenters. The Morgan fingerprint density at radius 3 is 0.400 bits per heavy atom. The first-order chi connectivity index (χ1) is 15.6. The Balaban J connectivity index is -0.000000108. The highest BCUT2D eigenvalue weighted by molar-refractivity contribution is 6.70. The summed E-state index contributed by atoms with van der Waals surface area (Å²) >= 11 is 0. The first-order valence-corrected chi connectivity index (χ1v) is 25.2. The van der Waals surface area contributed by atoms with Gasteiger partial charge in [-0.25, -0.2) is 0 Å². The molecule has 0 fully saturated rings. The summed E-state index contributed by atoms with van der Waals surface area (Å²) in [6.45, 7) is 20.6. The van der Waals surface area contributed by atoms with Gasteiger partial charge in [0.2, 0.25) is 0 Å². The molecular weight excluding hydrogens is 541 g/mol. The normalized spacial score (nSPS) is 12.0. The Morgan fingerprint density at radius 2 is 0.400 bits per heavy atom. The van der Waals surface area contributed by atoms with Crippen molar-refractivity contribution in [3.05, 3.63) is 0 Å². The standard InChI is InChI=1S/2C4H12O3Si.C4H12O2Si.2C4H12OSi/c2*1-5-8(4,6-2)7-3;1-5-7(3,4)6-2;2*1-5-6(2,3)4/h2*1-4H3;1-4H3;2*1-4H3. The lowest BCUT2D eigenvalue weighted by atomic mass is 11.8. The van der Waals surface area contributed by atoms with Crippen LogP contribution >= 0.6 is 0 Å². The zero-order valence-electron chi connectivity index (χ0n) is 26.6. The lowest BCUT2D eigenvalue weighted by Crippen LogP contribution is -2.38. The highest BCUT2D eigenvalue weighted by Crippen LogP contribution is 2.03. The fourth-order valence-corrected chi connectivity index (χ4v) is 1.75. The third-order valence-electron chi connectivity index (χ3n) is 4.43. The smallest absolute Gasteiger partial charge is 0.421 e. The number of rotatable bonds is 10. The molecule has 0 spiro atoms. The second kappa shape index (κ2) is 23.8. The molecule has 0 radical (unpaired) electrons. The predicted molar refractivity (Wildman–Crippen MR) is 157 cm³/mol. The Bertz CT molecular complexity index is 384. The maximum atomic E-state index is 5.08.